The molecule has 1 atom stereocenters. The molecule has 1 aliphatic heterocycles. The molecule has 0 saturated carbocycles. The summed E-state index contributed by atoms with van der Waals surface area (Å²) < 4.78 is 0. The number of nitriles is 1. The van der Waals surface area contributed by atoms with Gasteiger partial charge in [0.1, 0.15) is 0 Å². The summed E-state index contributed by atoms with van der Waals surface area (Å²) in [7, 11) is 0. The van der Waals surface area contributed by atoms with Crippen molar-refractivity contribution in [3.63, 3.8) is 0 Å². The smallest absolute Gasteiger partial charge is 0.0669 e. The molecule has 0 N–H and O–H groups in total. The van der Waals surface area contributed by atoms with Gasteiger partial charge in [0.25, 0.3) is 0 Å². The van der Waals surface area contributed by atoms with Gasteiger partial charge in [0, 0.05) is 6.54 Å². The van der Waals surface area contributed by atoms with Crippen LogP contribution in [-0.4, -0.2) is 24.5 Å². The van der Waals surface area contributed by atoms with Crippen molar-refractivity contribution in [1.29, 1.82) is 5.26 Å². The van der Waals surface area contributed by atoms with Gasteiger partial charge >= 0.3 is 0 Å². The van der Waals surface area contributed by atoms with Crippen molar-refractivity contribution in [3.8, 4) is 18.4 Å². The van der Waals surface area contributed by atoms with E-state index >= 15 is 0 Å². The molecule has 1 fully saturated rings. The van der Waals surface area contributed by atoms with E-state index < -0.39 is 0 Å². The van der Waals surface area contributed by atoms with Crippen LogP contribution < -0.4 is 0 Å². The van der Waals surface area contributed by atoms with Crippen LogP contribution >= 0.6 is 0 Å². The van der Waals surface area contributed by atoms with Crippen LogP contribution in [0.25, 0.3) is 0 Å². The standard InChI is InChI=1S/C9H12N2/c1-2-5-11-6-3-4-9(7-10)8-11/h1,9H,3-6,8H2. The summed E-state index contributed by atoms with van der Waals surface area (Å²) in [4.78, 5) is 2.16. The fourth-order valence-corrected chi connectivity index (χ4v) is 1.43. The zero-order chi connectivity index (χ0) is 8.10. The van der Waals surface area contributed by atoms with E-state index in [1.165, 1.54) is 0 Å². The second kappa shape index (κ2) is 4.01. The van der Waals surface area contributed by atoms with Gasteiger partial charge in [0.15, 0.2) is 0 Å². The van der Waals surface area contributed by atoms with Crippen molar-refractivity contribution in [1.82, 2.24) is 4.90 Å². The summed E-state index contributed by atoms with van der Waals surface area (Å²) in [5.41, 5.74) is 0. The highest BCUT2D eigenvalue weighted by Gasteiger charge is 2.17. The third kappa shape index (κ3) is 2.26. The van der Waals surface area contributed by atoms with Crippen molar-refractivity contribution < 1.29 is 0 Å². The number of piperidine rings is 1. The molecule has 0 aromatic rings. The van der Waals surface area contributed by atoms with Crippen LogP contribution in [0.1, 0.15) is 12.8 Å². The molecule has 11 heavy (non-hydrogen) atoms. The Morgan fingerprint density at radius 2 is 2.45 bits per heavy atom. The van der Waals surface area contributed by atoms with Crippen molar-refractivity contribution in [3.05, 3.63) is 0 Å². The maximum atomic E-state index is 8.65. The summed E-state index contributed by atoms with van der Waals surface area (Å²) in [6.45, 7) is 2.61. The SMILES string of the molecule is C#CCN1CCCC(C#N)C1. The van der Waals surface area contributed by atoms with E-state index in [0.717, 1.165) is 25.9 Å². The lowest BCUT2D eigenvalue weighted by atomic mass is 10.00. The van der Waals surface area contributed by atoms with Gasteiger partial charge < -0.3 is 0 Å². The van der Waals surface area contributed by atoms with Gasteiger partial charge in [-0.2, -0.15) is 5.26 Å². The lowest BCUT2D eigenvalue weighted by Crippen LogP contribution is -2.34. The minimum Gasteiger partial charge on any atom is -0.291 e. The molecule has 1 heterocycles. The van der Waals surface area contributed by atoms with Crippen LogP contribution in [-0.2, 0) is 0 Å². The maximum Gasteiger partial charge on any atom is 0.0669 e. The van der Waals surface area contributed by atoms with Gasteiger partial charge in [-0.15, -0.1) is 6.42 Å². The van der Waals surface area contributed by atoms with Crippen molar-refractivity contribution in [2.24, 2.45) is 5.92 Å². The van der Waals surface area contributed by atoms with Gasteiger partial charge in [-0.25, -0.2) is 0 Å². The number of hydrogen-bond acceptors (Lipinski definition) is 2. The van der Waals surface area contributed by atoms with Crippen LogP contribution in [0.2, 0.25) is 0 Å². The van der Waals surface area contributed by atoms with Crippen molar-refractivity contribution in [2.45, 2.75) is 12.8 Å². The van der Waals surface area contributed by atoms with Gasteiger partial charge in [0.2, 0.25) is 0 Å². The molecule has 1 aliphatic rings. The van der Waals surface area contributed by atoms with E-state index in [9.17, 15) is 0 Å². The lowest BCUT2D eigenvalue weighted by Gasteiger charge is -2.27. The molecule has 1 rings (SSSR count). The van der Waals surface area contributed by atoms with Gasteiger partial charge in [-0.05, 0) is 19.4 Å². The molecule has 0 radical (unpaired) electrons. The lowest BCUT2D eigenvalue weighted by molar-refractivity contribution is 0.222. The van der Waals surface area contributed by atoms with Crippen LogP contribution in [0.4, 0.5) is 0 Å². The summed E-state index contributed by atoms with van der Waals surface area (Å²) >= 11 is 0. The van der Waals surface area contributed by atoms with Crippen LogP contribution in [0, 0.1) is 29.6 Å². The molecular formula is C9H12N2. The predicted octanol–water partition coefficient (Wildman–Crippen LogP) is 0.855. The highest BCUT2D eigenvalue weighted by Crippen LogP contribution is 2.14. The van der Waals surface area contributed by atoms with Crippen molar-refractivity contribution in [2.75, 3.05) is 19.6 Å². The monoisotopic (exact) mass is 148 g/mol. The fraction of sp³-hybridized carbons (Fsp3) is 0.667. The Kier molecular flexibility index (Phi) is 2.95. The average Bonchev–Trinajstić information content (AvgIpc) is 2.06. The van der Waals surface area contributed by atoms with Gasteiger partial charge in [-0.1, -0.05) is 5.92 Å². The summed E-state index contributed by atoms with van der Waals surface area (Å²) in [6.07, 6.45) is 7.32. The summed E-state index contributed by atoms with van der Waals surface area (Å²) in [5.74, 6) is 2.80. The van der Waals surface area contributed by atoms with Crippen LogP contribution in [0.5, 0.6) is 0 Å². The number of terminal acetylenes is 1. The first kappa shape index (κ1) is 8.11. The molecule has 0 aromatic heterocycles. The Hall–Kier alpha value is -0.990. The Bertz CT molecular complexity index is 197. The molecule has 2 heteroatoms. The quantitative estimate of drug-likeness (QED) is 0.515. The van der Waals surface area contributed by atoms with Crippen LogP contribution in [0.3, 0.4) is 0 Å². The largest absolute Gasteiger partial charge is 0.291 e. The third-order valence-corrected chi connectivity index (χ3v) is 2.00. The zero-order valence-electron chi connectivity index (χ0n) is 6.58. The van der Waals surface area contributed by atoms with Gasteiger partial charge in [0.05, 0.1) is 18.5 Å². The minimum atomic E-state index is 0.206. The molecule has 2 nitrogen and oxygen atoms in total. The van der Waals surface area contributed by atoms with E-state index in [2.05, 4.69) is 16.9 Å². The number of hydrogen-bond donors (Lipinski definition) is 0. The Balaban J connectivity index is 2.36. The minimum absolute atomic E-state index is 0.206. The first-order valence-corrected chi connectivity index (χ1v) is 3.92. The fourth-order valence-electron chi connectivity index (χ4n) is 1.43. The van der Waals surface area contributed by atoms with E-state index in [4.69, 9.17) is 11.7 Å². The molecule has 1 unspecified atom stereocenters. The molecular weight excluding hydrogens is 136 g/mol. The Morgan fingerprint density at radius 3 is 3.09 bits per heavy atom. The Morgan fingerprint density at radius 1 is 1.64 bits per heavy atom. The average molecular weight is 148 g/mol. The summed E-state index contributed by atoms with van der Waals surface area (Å²) in [6, 6.07) is 2.28. The number of likely N-dealkylation sites (tertiary alicyclic amines) is 1. The predicted molar refractivity (Wildman–Crippen MR) is 43.6 cm³/mol. The number of nitrogens with zero attached hydrogens (tertiary/aromatic N) is 2. The topological polar surface area (TPSA) is 27.0 Å². The molecule has 0 spiro atoms. The normalized spacial score (nSPS) is 25.5. The Labute approximate surface area is 67.8 Å². The highest BCUT2D eigenvalue weighted by atomic mass is 15.1. The van der Waals surface area contributed by atoms with Gasteiger partial charge in [-0.3, -0.25) is 4.90 Å². The highest BCUT2D eigenvalue weighted by molar-refractivity contribution is 4.93. The second-order valence-corrected chi connectivity index (χ2v) is 2.91. The van der Waals surface area contributed by atoms with E-state index in [0.29, 0.717) is 6.54 Å². The van der Waals surface area contributed by atoms with E-state index in [1.807, 2.05) is 0 Å². The molecule has 0 bridgehead atoms. The molecule has 58 valence electrons. The number of rotatable bonds is 1. The molecule has 0 aromatic carbocycles. The van der Waals surface area contributed by atoms with E-state index in [1.54, 1.807) is 0 Å². The van der Waals surface area contributed by atoms with E-state index in [-0.39, 0.29) is 5.92 Å². The zero-order valence-corrected chi connectivity index (χ0v) is 6.58. The molecule has 1 saturated heterocycles. The molecule has 0 aliphatic carbocycles. The van der Waals surface area contributed by atoms with Crippen LogP contribution in [0.15, 0.2) is 0 Å². The first-order chi connectivity index (χ1) is 5.36. The first-order valence-electron chi connectivity index (χ1n) is 3.92. The maximum absolute atomic E-state index is 8.65. The summed E-state index contributed by atoms with van der Waals surface area (Å²) in [5, 5.41) is 8.65. The second-order valence-electron chi connectivity index (χ2n) is 2.91. The third-order valence-electron chi connectivity index (χ3n) is 2.00. The molecule has 0 amide bonds. The van der Waals surface area contributed by atoms with Crippen molar-refractivity contribution >= 4 is 0 Å².